The first-order valence-electron chi connectivity index (χ1n) is 4.91. The molecule has 1 aromatic heterocycles. The Kier molecular flexibility index (Phi) is 2.94. The van der Waals surface area contributed by atoms with Crippen LogP contribution in [0.1, 0.15) is 20.3 Å². The molecule has 88 valence electrons. The minimum atomic E-state index is -0.311. The predicted molar refractivity (Wildman–Crippen MR) is 61.7 cm³/mol. The van der Waals surface area contributed by atoms with Crippen LogP contribution in [0.25, 0.3) is 0 Å². The second kappa shape index (κ2) is 3.98. The van der Waals surface area contributed by atoms with E-state index < -0.39 is 0 Å². The number of aliphatic hydroxyl groups is 1. The fraction of sp³-hybridized carbons (Fsp3) is 0.667. The second-order valence-electron chi connectivity index (χ2n) is 4.49. The minimum Gasteiger partial charge on any atom is -0.392 e. The maximum atomic E-state index is 9.60. The predicted octanol–water partition coefficient (Wildman–Crippen LogP) is 1.75. The number of hydrogen-bond donors (Lipinski definition) is 2. The van der Waals surface area contributed by atoms with Gasteiger partial charge in [0.2, 0.25) is 5.28 Å². The molecule has 1 aliphatic rings. The normalized spacial score (nSPS) is 27.3. The van der Waals surface area contributed by atoms with Gasteiger partial charge in [-0.1, -0.05) is 25.4 Å². The highest BCUT2D eigenvalue weighted by atomic mass is 35.5. The van der Waals surface area contributed by atoms with Crippen molar-refractivity contribution in [2.75, 3.05) is 5.32 Å². The van der Waals surface area contributed by atoms with Crippen molar-refractivity contribution >= 4 is 29.0 Å². The second-order valence-corrected chi connectivity index (χ2v) is 5.19. The topological polar surface area (TPSA) is 70.9 Å². The lowest BCUT2D eigenvalue weighted by Crippen LogP contribution is -2.57. The molecule has 2 atom stereocenters. The van der Waals surface area contributed by atoms with Crippen LogP contribution in [-0.4, -0.2) is 32.4 Å². The van der Waals surface area contributed by atoms with Crippen LogP contribution in [0.4, 0.5) is 5.82 Å². The summed E-state index contributed by atoms with van der Waals surface area (Å²) in [5, 5.41) is 20.1. The summed E-state index contributed by atoms with van der Waals surface area (Å²) in [7, 11) is 0. The van der Waals surface area contributed by atoms with Crippen molar-refractivity contribution in [2.24, 2.45) is 5.41 Å². The molecule has 1 aliphatic carbocycles. The molecule has 1 fully saturated rings. The average Bonchev–Trinajstić information content (AvgIpc) is 2.23. The molecule has 2 rings (SSSR count). The van der Waals surface area contributed by atoms with Crippen LogP contribution < -0.4 is 5.32 Å². The molecule has 0 saturated heterocycles. The Hall–Kier alpha value is -0.650. The monoisotopic (exact) mass is 262 g/mol. The van der Waals surface area contributed by atoms with Crippen molar-refractivity contribution in [1.29, 1.82) is 0 Å². The van der Waals surface area contributed by atoms with Gasteiger partial charge in [-0.2, -0.15) is 4.98 Å². The van der Waals surface area contributed by atoms with E-state index in [4.69, 9.17) is 23.2 Å². The molecule has 0 spiro atoms. The van der Waals surface area contributed by atoms with Crippen molar-refractivity contribution < 1.29 is 5.11 Å². The highest BCUT2D eigenvalue weighted by molar-refractivity contribution is 6.32. The average molecular weight is 263 g/mol. The first-order chi connectivity index (χ1) is 7.41. The summed E-state index contributed by atoms with van der Waals surface area (Å²) in [4.78, 5) is 3.95. The van der Waals surface area contributed by atoms with Gasteiger partial charge in [0.1, 0.15) is 0 Å². The van der Waals surface area contributed by atoms with Crippen molar-refractivity contribution in [3.8, 4) is 0 Å². The van der Waals surface area contributed by atoms with E-state index in [0.29, 0.717) is 12.2 Å². The number of halogens is 2. The van der Waals surface area contributed by atoms with Gasteiger partial charge in [-0.15, -0.1) is 10.2 Å². The van der Waals surface area contributed by atoms with Crippen molar-refractivity contribution in [3.63, 3.8) is 0 Å². The molecule has 0 aliphatic heterocycles. The van der Waals surface area contributed by atoms with Crippen LogP contribution >= 0.6 is 23.2 Å². The third-order valence-electron chi connectivity index (χ3n) is 3.15. The maximum Gasteiger partial charge on any atom is 0.245 e. The summed E-state index contributed by atoms with van der Waals surface area (Å²) < 4.78 is 0. The third kappa shape index (κ3) is 1.95. The summed E-state index contributed by atoms with van der Waals surface area (Å²) in [6.45, 7) is 3.95. The molecular formula is C9H12Cl2N4O. The van der Waals surface area contributed by atoms with Gasteiger partial charge in [-0.05, 0) is 18.0 Å². The number of nitrogens with one attached hydrogen (secondary N) is 1. The lowest BCUT2D eigenvalue weighted by Gasteiger charge is -2.49. The highest BCUT2D eigenvalue weighted by Gasteiger charge is 2.47. The van der Waals surface area contributed by atoms with Gasteiger partial charge < -0.3 is 10.4 Å². The van der Waals surface area contributed by atoms with E-state index in [9.17, 15) is 5.11 Å². The number of aliphatic hydroxyl groups excluding tert-OH is 1. The molecule has 1 heterocycles. The Morgan fingerprint density at radius 1 is 1.38 bits per heavy atom. The first-order valence-corrected chi connectivity index (χ1v) is 5.67. The molecule has 16 heavy (non-hydrogen) atoms. The Morgan fingerprint density at radius 2 is 2.06 bits per heavy atom. The zero-order chi connectivity index (χ0) is 11.9. The van der Waals surface area contributed by atoms with Gasteiger partial charge >= 0.3 is 0 Å². The van der Waals surface area contributed by atoms with Gasteiger partial charge in [-0.3, -0.25) is 0 Å². The minimum absolute atomic E-state index is 0.0459. The fourth-order valence-corrected chi connectivity index (χ4v) is 1.95. The van der Waals surface area contributed by atoms with E-state index in [1.807, 2.05) is 13.8 Å². The van der Waals surface area contributed by atoms with Crippen LogP contribution in [0, 0.1) is 5.41 Å². The molecule has 2 N–H and O–H groups in total. The Balaban J connectivity index is 2.13. The van der Waals surface area contributed by atoms with E-state index in [0.717, 1.165) is 0 Å². The molecule has 0 radical (unpaired) electrons. The van der Waals surface area contributed by atoms with E-state index in [2.05, 4.69) is 20.5 Å². The molecule has 5 nitrogen and oxygen atoms in total. The zero-order valence-corrected chi connectivity index (χ0v) is 10.4. The number of anilines is 1. The first kappa shape index (κ1) is 11.8. The standard InChI is InChI=1S/C9H12Cl2N4O/c1-9(2)4(3-5(9)16)12-7-6(10)14-15-8(11)13-7/h4-5,16H,3H2,1-2H3,(H,12,13,15). The van der Waals surface area contributed by atoms with Crippen LogP contribution in [-0.2, 0) is 0 Å². The summed E-state index contributed by atoms with van der Waals surface area (Å²) in [5.41, 5.74) is -0.208. The number of rotatable bonds is 2. The Bertz CT molecular complexity index is 412. The lowest BCUT2D eigenvalue weighted by molar-refractivity contribution is -0.0511. The highest BCUT2D eigenvalue weighted by Crippen LogP contribution is 2.42. The SMILES string of the molecule is CC1(C)C(O)CC1Nc1nc(Cl)nnc1Cl. The van der Waals surface area contributed by atoms with Crippen LogP contribution in [0.5, 0.6) is 0 Å². The van der Waals surface area contributed by atoms with Crippen molar-refractivity contribution in [3.05, 3.63) is 10.4 Å². The number of aromatic nitrogens is 3. The fourth-order valence-electron chi connectivity index (χ4n) is 1.70. The molecule has 0 bridgehead atoms. The van der Waals surface area contributed by atoms with Gasteiger partial charge in [0.25, 0.3) is 0 Å². The van der Waals surface area contributed by atoms with Crippen LogP contribution in [0.15, 0.2) is 0 Å². The van der Waals surface area contributed by atoms with Gasteiger partial charge in [0.05, 0.1) is 6.10 Å². The summed E-state index contributed by atoms with van der Waals surface area (Å²) in [5.74, 6) is 0.409. The van der Waals surface area contributed by atoms with E-state index >= 15 is 0 Å². The number of nitrogens with zero attached hydrogens (tertiary/aromatic N) is 3. The van der Waals surface area contributed by atoms with E-state index in [1.165, 1.54) is 0 Å². The maximum absolute atomic E-state index is 9.60. The number of hydrogen-bond acceptors (Lipinski definition) is 5. The Morgan fingerprint density at radius 3 is 2.62 bits per heavy atom. The quantitative estimate of drug-likeness (QED) is 0.850. The lowest BCUT2D eigenvalue weighted by atomic mass is 9.64. The molecular weight excluding hydrogens is 251 g/mol. The zero-order valence-electron chi connectivity index (χ0n) is 8.91. The van der Waals surface area contributed by atoms with Gasteiger partial charge in [0, 0.05) is 11.5 Å². The molecule has 7 heteroatoms. The summed E-state index contributed by atoms with van der Waals surface area (Å²) in [6.07, 6.45) is 0.347. The summed E-state index contributed by atoms with van der Waals surface area (Å²) in [6, 6.07) is 0.104. The van der Waals surface area contributed by atoms with E-state index in [-0.39, 0.29) is 28.0 Å². The molecule has 2 unspecified atom stereocenters. The van der Waals surface area contributed by atoms with Gasteiger partial charge in [0.15, 0.2) is 11.0 Å². The van der Waals surface area contributed by atoms with Gasteiger partial charge in [-0.25, -0.2) is 0 Å². The Labute approximate surface area is 103 Å². The van der Waals surface area contributed by atoms with E-state index in [1.54, 1.807) is 0 Å². The van der Waals surface area contributed by atoms with Crippen molar-refractivity contribution in [2.45, 2.75) is 32.4 Å². The molecule has 0 aromatic carbocycles. The summed E-state index contributed by atoms with van der Waals surface area (Å²) >= 11 is 11.5. The van der Waals surface area contributed by atoms with Crippen LogP contribution in [0.2, 0.25) is 10.4 Å². The molecule has 1 aromatic rings. The molecule has 0 amide bonds. The van der Waals surface area contributed by atoms with Crippen molar-refractivity contribution in [1.82, 2.24) is 15.2 Å². The smallest absolute Gasteiger partial charge is 0.245 e. The van der Waals surface area contributed by atoms with Crippen LogP contribution in [0.3, 0.4) is 0 Å². The molecule has 1 saturated carbocycles. The third-order valence-corrected chi connectivity index (χ3v) is 3.56. The largest absolute Gasteiger partial charge is 0.392 e.